The maximum atomic E-state index is 5.67. The first kappa shape index (κ1) is 11.2. The van der Waals surface area contributed by atoms with Crippen molar-refractivity contribution < 1.29 is 9.47 Å². The van der Waals surface area contributed by atoms with Gasteiger partial charge in [-0.3, -0.25) is 0 Å². The highest BCUT2D eigenvalue weighted by atomic mass is 16.7. The highest BCUT2D eigenvalue weighted by Crippen LogP contribution is 2.15. The molecule has 1 unspecified atom stereocenters. The smallest absolute Gasteiger partial charge is 0.158 e. The third-order valence-electron chi connectivity index (χ3n) is 2.69. The van der Waals surface area contributed by atoms with Crippen LogP contribution in [0.4, 0.5) is 0 Å². The fraction of sp³-hybridized carbons (Fsp3) is 0.429. The molecular weight excluding hydrogens is 200 g/mol. The van der Waals surface area contributed by atoms with Crippen LogP contribution in [-0.4, -0.2) is 12.9 Å². The van der Waals surface area contributed by atoms with Crippen molar-refractivity contribution in [3.8, 4) is 12.3 Å². The first-order chi connectivity index (χ1) is 7.88. The molecule has 2 rings (SSSR count). The molecule has 0 radical (unpaired) electrons. The lowest BCUT2D eigenvalue weighted by Gasteiger charge is -2.22. The van der Waals surface area contributed by atoms with Gasteiger partial charge in [0.05, 0.1) is 6.61 Å². The lowest BCUT2D eigenvalue weighted by Crippen LogP contribution is -2.21. The molecule has 0 saturated carbocycles. The second-order valence-electron chi connectivity index (χ2n) is 3.95. The molecule has 1 fully saturated rings. The van der Waals surface area contributed by atoms with E-state index in [4.69, 9.17) is 15.9 Å². The Bertz CT molecular complexity index is 355. The average Bonchev–Trinajstić information content (AvgIpc) is 2.38. The monoisotopic (exact) mass is 216 g/mol. The number of ether oxygens (including phenoxy) is 2. The highest BCUT2D eigenvalue weighted by Gasteiger charge is 2.13. The zero-order chi connectivity index (χ0) is 11.2. The third kappa shape index (κ3) is 3.10. The average molecular weight is 216 g/mol. The number of rotatable bonds is 3. The van der Waals surface area contributed by atoms with Gasteiger partial charge in [0.25, 0.3) is 0 Å². The highest BCUT2D eigenvalue weighted by molar-refractivity contribution is 5.33. The van der Waals surface area contributed by atoms with Crippen molar-refractivity contribution in [2.45, 2.75) is 32.2 Å². The van der Waals surface area contributed by atoms with E-state index < -0.39 is 0 Å². The van der Waals surface area contributed by atoms with Gasteiger partial charge in [0.1, 0.15) is 0 Å². The van der Waals surface area contributed by atoms with Crippen LogP contribution >= 0.6 is 0 Å². The Kier molecular flexibility index (Phi) is 3.98. The number of hydrogen-bond donors (Lipinski definition) is 0. The summed E-state index contributed by atoms with van der Waals surface area (Å²) in [4.78, 5) is 0. The van der Waals surface area contributed by atoms with Gasteiger partial charge >= 0.3 is 0 Å². The standard InChI is InChI=1S/C14H16O2/c1-2-12-6-8-13(9-7-12)11-16-14-5-3-4-10-15-14/h1,6-9,14H,3-5,10-11H2. The second-order valence-corrected chi connectivity index (χ2v) is 3.95. The summed E-state index contributed by atoms with van der Waals surface area (Å²) in [5, 5.41) is 0. The Morgan fingerprint density at radius 1 is 1.31 bits per heavy atom. The minimum atomic E-state index is -0.0268. The molecule has 1 saturated heterocycles. The first-order valence-electron chi connectivity index (χ1n) is 5.67. The molecule has 1 aliphatic heterocycles. The molecule has 1 aliphatic rings. The van der Waals surface area contributed by atoms with E-state index in [-0.39, 0.29) is 6.29 Å². The summed E-state index contributed by atoms with van der Waals surface area (Å²) >= 11 is 0. The molecule has 1 heterocycles. The van der Waals surface area contributed by atoms with Gasteiger partial charge < -0.3 is 9.47 Å². The molecule has 1 atom stereocenters. The third-order valence-corrected chi connectivity index (χ3v) is 2.69. The lowest BCUT2D eigenvalue weighted by atomic mass is 10.1. The molecule has 0 bridgehead atoms. The van der Waals surface area contributed by atoms with E-state index in [9.17, 15) is 0 Å². The van der Waals surface area contributed by atoms with Crippen LogP contribution in [-0.2, 0) is 16.1 Å². The molecule has 84 valence electrons. The number of hydrogen-bond acceptors (Lipinski definition) is 2. The molecule has 0 N–H and O–H groups in total. The summed E-state index contributed by atoms with van der Waals surface area (Å²) in [7, 11) is 0. The van der Waals surface area contributed by atoms with Crippen LogP contribution in [0.15, 0.2) is 24.3 Å². The molecule has 0 spiro atoms. The minimum Gasteiger partial charge on any atom is -0.353 e. The molecular formula is C14H16O2. The largest absolute Gasteiger partial charge is 0.353 e. The van der Waals surface area contributed by atoms with Gasteiger partial charge in [-0.15, -0.1) is 6.42 Å². The predicted octanol–water partition coefficient (Wildman–Crippen LogP) is 2.71. The van der Waals surface area contributed by atoms with Crippen molar-refractivity contribution in [3.63, 3.8) is 0 Å². The summed E-state index contributed by atoms with van der Waals surface area (Å²) in [5.41, 5.74) is 2.03. The summed E-state index contributed by atoms with van der Waals surface area (Å²) in [5.74, 6) is 2.59. The zero-order valence-corrected chi connectivity index (χ0v) is 9.32. The van der Waals surface area contributed by atoms with Gasteiger partial charge in [0.2, 0.25) is 0 Å². The first-order valence-corrected chi connectivity index (χ1v) is 5.67. The Labute approximate surface area is 96.6 Å². The summed E-state index contributed by atoms with van der Waals surface area (Å²) in [6.07, 6.45) is 8.61. The SMILES string of the molecule is C#Cc1ccc(COC2CCCCO2)cc1. The van der Waals surface area contributed by atoms with Crippen molar-refractivity contribution >= 4 is 0 Å². The van der Waals surface area contributed by atoms with Gasteiger partial charge in [0, 0.05) is 12.2 Å². The van der Waals surface area contributed by atoms with Crippen molar-refractivity contribution in [3.05, 3.63) is 35.4 Å². The van der Waals surface area contributed by atoms with Gasteiger partial charge in [-0.1, -0.05) is 18.1 Å². The normalized spacial score (nSPS) is 20.3. The molecule has 0 aliphatic carbocycles. The molecule has 0 amide bonds. The van der Waals surface area contributed by atoms with Crippen LogP contribution in [0.1, 0.15) is 30.4 Å². The quantitative estimate of drug-likeness (QED) is 0.723. The van der Waals surface area contributed by atoms with Crippen LogP contribution in [0.25, 0.3) is 0 Å². The van der Waals surface area contributed by atoms with Gasteiger partial charge in [0.15, 0.2) is 6.29 Å². The Morgan fingerprint density at radius 2 is 2.12 bits per heavy atom. The van der Waals surface area contributed by atoms with Crippen LogP contribution in [0.2, 0.25) is 0 Å². The molecule has 2 heteroatoms. The van der Waals surface area contributed by atoms with E-state index in [0.29, 0.717) is 6.61 Å². The van der Waals surface area contributed by atoms with E-state index >= 15 is 0 Å². The van der Waals surface area contributed by atoms with Crippen molar-refractivity contribution in [1.29, 1.82) is 0 Å². The molecule has 2 nitrogen and oxygen atoms in total. The van der Waals surface area contributed by atoms with E-state index in [1.165, 1.54) is 6.42 Å². The van der Waals surface area contributed by atoms with Gasteiger partial charge in [-0.25, -0.2) is 0 Å². The van der Waals surface area contributed by atoms with Crippen LogP contribution < -0.4 is 0 Å². The fourth-order valence-electron chi connectivity index (χ4n) is 1.73. The van der Waals surface area contributed by atoms with Crippen molar-refractivity contribution in [2.24, 2.45) is 0 Å². The molecule has 16 heavy (non-hydrogen) atoms. The van der Waals surface area contributed by atoms with E-state index in [1.807, 2.05) is 24.3 Å². The van der Waals surface area contributed by atoms with E-state index in [1.54, 1.807) is 0 Å². The number of benzene rings is 1. The summed E-state index contributed by atoms with van der Waals surface area (Å²) < 4.78 is 11.2. The molecule has 1 aromatic carbocycles. The molecule has 0 aromatic heterocycles. The van der Waals surface area contributed by atoms with E-state index in [0.717, 1.165) is 30.6 Å². The number of terminal acetylenes is 1. The zero-order valence-electron chi connectivity index (χ0n) is 9.32. The summed E-state index contributed by atoms with van der Waals surface area (Å²) in [6, 6.07) is 7.86. The van der Waals surface area contributed by atoms with Crippen molar-refractivity contribution in [2.75, 3.05) is 6.61 Å². The Morgan fingerprint density at radius 3 is 2.75 bits per heavy atom. The topological polar surface area (TPSA) is 18.5 Å². The maximum Gasteiger partial charge on any atom is 0.158 e. The van der Waals surface area contributed by atoms with Crippen LogP contribution in [0.3, 0.4) is 0 Å². The molecule has 1 aromatic rings. The maximum absolute atomic E-state index is 5.67. The predicted molar refractivity (Wildman–Crippen MR) is 62.8 cm³/mol. The Balaban J connectivity index is 1.82. The minimum absolute atomic E-state index is 0.0268. The summed E-state index contributed by atoms with van der Waals surface area (Å²) in [6.45, 7) is 1.41. The fourth-order valence-corrected chi connectivity index (χ4v) is 1.73. The lowest BCUT2D eigenvalue weighted by molar-refractivity contribution is -0.168. The second kappa shape index (κ2) is 5.69. The Hall–Kier alpha value is -1.30. The van der Waals surface area contributed by atoms with E-state index in [2.05, 4.69) is 5.92 Å². The van der Waals surface area contributed by atoms with Crippen LogP contribution in [0, 0.1) is 12.3 Å². The van der Waals surface area contributed by atoms with Gasteiger partial charge in [-0.05, 0) is 37.0 Å². The van der Waals surface area contributed by atoms with Crippen molar-refractivity contribution in [1.82, 2.24) is 0 Å². The van der Waals surface area contributed by atoms with Crippen LogP contribution in [0.5, 0.6) is 0 Å². The van der Waals surface area contributed by atoms with Gasteiger partial charge in [-0.2, -0.15) is 0 Å².